The summed E-state index contributed by atoms with van der Waals surface area (Å²) in [5.41, 5.74) is 3.19. The second-order valence-corrected chi connectivity index (χ2v) is 5.57. The molecule has 1 aromatic heterocycles. The number of benzene rings is 1. The van der Waals surface area contributed by atoms with Crippen molar-refractivity contribution >= 4 is 0 Å². The van der Waals surface area contributed by atoms with Gasteiger partial charge in [0.25, 0.3) is 0 Å². The average molecular weight is 333 g/mol. The first-order valence-corrected chi connectivity index (χ1v) is 8.50. The fourth-order valence-electron chi connectivity index (χ4n) is 2.11. The predicted octanol–water partition coefficient (Wildman–Crippen LogP) is 2.71. The standard InChI is InChI=1S/C18H27N3O3/c1-3-9-22-11-13-24-14-12-23-10-8-21-15-18(19-20-21)17-6-4-16(2)5-7-17/h4-7,15H,3,8-14H2,1-2H3. The first kappa shape index (κ1) is 18.6. The third kappa shape index (κ3) is 6.78. The molecule has 0 radical (unpaired) electrons. The molecule has 0 amide bonds. The minimum absolute atomic E-state index is 0.577. The van der Waals surface area contributed by atoms with E-state index in [1.807, 2.05) is 6.20 Å². The Morgan fingerprint density at radius 3 is 2.17 bits per heavy atom. The third-order valence-corrected chi connectivity index (χ3v) is 3.44. The largest absolute Gasteiger partial charge is 0.379 e. The van der Waals surface area contributed by atoms with Crippen molar-refractivity contribution in [3.8, 4) is 11.3 Å². The Bertz CT molecular complexity index is 569. The van der Waals surface area contributed by atoms with E-state index in [2.05, 4.69) is 48.4 Å². The number of hydrogen-bond donors (Lipinski definition) is 0. The summed E-state index contributed by atoms with van der Waals surface area (Å²) in [6.07, 6.45) is 2.98. The van der Waals surface area contributed by atoms with E-state index in [4.69, 9.17) is 14.2 Å². The lowest BCUT2D eigenvalue weighted by atomic mass is 10.1. The maximum Gasteiger partial charge on any atom is 0.113 e. The predicted molar refractivity (Wildman–Crippen MR) is 92.9 cm³/mol. The minimum Gasteiger partial charge on any atom is -0.379 e. The summed E-state index contributed by atoms with van der Waals surface area (Å²) in [5, 5.41) is 8.33. The molecule has 1 aromatic carbocycles. The van der Waals surface area contributed by atoms with Crippen molar-refractivity contribution in [2.75, 3.05) is 39.6 Å². The zero-order chi connectivity index (χ0) is 17.0. The van der Waals surface area contributed by atoms with Crippen LogP contribution in [0.5, 0.6) is 0 Å². The summed E-state index contributed by atoms with van der Waals surface area (Å²) in [6.45, 7) is 8.65. The van der Waals surface area contributed by atoms with E-state index in [-0.39, 0.29) is 0 Å². The first-order valence-electron chi connectivity index (χ1n) is 8.50. The molecule has 0 aliphatic rings. The van der Waals surface area contributed by atoms with Gasteiger partial charge < -0.3 is 14.2 Å². The molecule has 2 aromatic rings. The van der Waals surface area contributed by atoms with E-state index in [1.165, 1.54) is 5.56 Å². The summed E-state index contributed by atoms with van der Waals surface area (Å²) in [6, 6.07) is 8.26. The summed E-state index contributed by atoms with van der Waals surface area (Å²) >= 11 is 0. The monoisotopic (exact) mass is 333 g/mol. The van der Waals surface area contributed by atoms with Gasteiger partial charge in [0.2, 0.25) is 0 Å². The highest BCUT2D eigenvalue weighted by Crippen LogP contribution is 2.16. The zero-order valence-electron chi connectivity index (χ0n) is 14.6. The van der Waals surface area contributed by atoms with Gasteiger partial charge in [-0.2, -0.15) is 0 Å². The van der Waals surface area contributed by atoms with Gasteiger partial charge in [-0.15, -0.1) is 5.10 Å². The number of aryl methyl sites for hydroxylation is 1. The highest BCUT2D eigenvalue weighted by atomic mass is 16.5. The molecular formula is C18H27N3O3. The van der Waals surface area contributed by atoms with Crippen LogP contribution in [0.4, 0.5) is 0 Å². The van der Waals surface area contributed by atoms with Gasteiger partial charge in [-0.25, -0.2) is 4.68 Å². The molecule has 0 N–H and O–H groups in total. The molecule has 0 aliphatic carbocycles. The maximum absolute atomic E-state index is 5.54. The molecule has 0 unspecified atom stereocenters. The number of ether oxygens (including phenoxy) is 3. The van der Waals surface area contributed by atoms with Gasteiger partial charge in [0.15, 0.2) is 0 Å². The normalized spacial score (nSPS) is 11.1. The Hall–Kier alpha value is -1.76. The topological polar surface area (TPSA) is 58.4 Å². The van der Waals surface area contributed by atoms with Crippen LogP contribution in [0.25, 0.3) is 11.3 Å². The summed E-state index contributed by atoms with van der Waals surface area (Å²) in [4.78, 5) is 0. The zero-order valence-corrected chi connectivity index (χ0v) is 14.6. The maximum atomic E-state index is 5.54. The van der Waals surface area contributed by atoms with Gasteiger partial charge in [-0.05, 0) is 13.3 Å². The molecule has 0 saturated heterocycles. The van der Waals surface area contributed by atoms with E-state index < -0.39 is 0 Å². The number of rotatable bonds is 12. The second-order valence-electron chi connectivity index (χ2n) is 5.57. The fraction of sp³-hybridized carbons (Fsp3) is 0.556. The van der Waals surface area contributed by atoms with Crippen molar-refractivity contribution in [1.82, 2.24) is 15.0 Å². The Labute approximate surface area is 143 Å². The van der Waals surface area contributed by atoms with E-state index >= 15 is 0 Å². The first-order chi connectivity index (χ1) is 11.8. The van der Waals surface area contributed by atoms with Crippen LogP contribution in [-0.4, -0.2) is 54.6 Å². The van der Waals surface area contributed by atoms with E-state index in [1.54, 1.807) is 4.68 Å². The van der Waals surface area contributed by atoms with Gasteiger partial charge in [0.1, 0.15) is 5.69 Å². The summed E-state index contributed by atoms with van der Waals surface area (Å²) in [7, 11) is 0. The van der Waals surface area contributed by atoms with E-state index in [0.29, 0.717) is 39.6 Å². The van der Waals surface area contributed by atoms with Crippen LogP contribution in [0, 0.1) is 6.92 Å². The van der Waals surface area contributed by atoms with E-state index in [0.717, 1.165) is 24.3 Å². The highest BCUT2D eigenvalue weighted by Gasteiger charge is 2.03. The Morgan fingerprint density at radius 2 is 1.50 bits per heavy atom. The van der Waals surface area contributed by atoms with Crippen LogP contribution < -0.4 is 0 Å². The van der Waals surface area contributed by atoms with Crippen molar-refractivity contribution in [1.29, 1.82) is 0 Å². The SMILES string of the molecule is CCCOCCOCCOCCn1cc(-c2ccc(C)cc2)nn1. The van der Waals surface area contributed by atoms with Gasteiger partial charge in [-0.3, -0.25) is 0 Å². The van der Waals surface area contributed by atoms with Crippen molar-refractivity contribution in [3.05, 3.63) is 36.0 Å². The lowest BCUT2D eigenvalue weighted by Crippen LogP contribution is -2.12. The molecule has 0 saturated carbocycles. The molecule has 2 rings (SSSR count). The van der Waals surface area contributed by atoms with Gasteiger partial charge in [-0.1, -0.05) is 42.0 Å². The summed E-state index contributed by atoms with van der Waals surface area (Å²) in [5.74, 6) is 0. The van der Waals surface area contributed by atoms with Crippen LogP contribution in [-0.2, 0) is 20.8 Å². The van der Waals surface area contributed by atoms with Crippen molar-refractivity contribution in [2.45, 2.75) is 26.8 Å². The van der Waals surface area contributed by atoms with Crippen LogP contribution in [0.1, 0.15) is 18.9 Å². The Balaban J connectivity index is 1.56. The molecule has 6 heteroatoms. The van der Waals surface area contributed by atoms with Crippen molar-refractivity contribution < 1.29 is 14.2 Å². The molecule has 24 heavy (non-hydrogen) atoms. The Morgan fingerprint density at radius 1 is 0.875 bits per heavy atom. The summed E-state index contributed by atoms with van der Waals surface area (Å²) < 4.78 is 18.1. The molecular weight excluding hydrogens is 306 g/mol. The lowest BCUT2D eigenvalue weighted by Gasteiger charge is -2.06. The molecule has 0 atom stereocenters. The highest BCUT2D eigenvalue weighted by molar-refractivity contribution is 5.57. The molecule has 1 heterocycles. The molecule has 0 fully saturated rings. The minimum atomic E-state index is 0.577. The smallest absolute Gasteiger partial charge is 0.113 e. The van der Waals surface area contributed by atoms with Crippen molar-refractivity contribution in [3.63, 3.8) is 0 Å². The van der Waals surface area contributed by atoms with Crippen molar-refractivity contribution in [2.24, 2.45) is 0 Å². The lowest BCUT2D eigenvalue weighted by molar-refractivity contribution is 0.0128. The van der Waals surface area contributed by atoms with Crippen LogP contribution in [0.3, 0.4) is 0 Å². The number of nitrogens with zero attached hydrogens (tertiary/aromatic N) is 3. The van der Waals surface area contributed by atoms with Gasteiger partial charge >= 0.3 is 0 Å². The molecule has 0 bridgehead atoms. The van der Waals surface area contributed by atoms with Gasteiger partial charge in [0.05, 0.1) is 45.8 Å². The third-order valence-electron chi connectivity index (χ3n) is 3.44. The van der Waals surface area contributed by atoms with Crippen LogP contribution >= 0.6 is 0 Å². The van der Waals surface area contributed by atoms with E-state index in [9.17, 15) is 0 Å². The second kappa shape index (κ2) is 10.9. The number of aromatic nitrogens is 3. The molecule has 132 valence electrons. The molecule has 0 spiro atoms. The van der Waals surface area contributed by atoms with Gasteiger partial charge in [0, 0.05) is 12.2 Å². The number of hydrogen-bond acceptors (Lipinski definition) is 5. The quantitative estimate of drug-likeness (QED) is 0.559. The fourth-order valence-corrected chi connectivity index (χ4v) is 2.11. The van der Waals surface area contributed by atoms with Crippen LogP contribution in [0.2, 0.25) is 0 Å². The average Bonchev–Trinajstić information content (AvgIpc) is 3.06. The molecule has 0 aliphatic heterocycles. The Kier molecular flexibility index (Phi) is 8.45. The molecule has 6 nitrogen and oxygen atoms in total. The van der Waals surface area contributed by atoms with Crippen LogP contribution in [0.15, 0.2) is 30.5 Å².